The van der Waals surface area contributed by atoms with Gasteiger partial charge in [-0.1, -0.05) is 60.7 Å². The van der Waals surface area contributed by atoms with Gasteiger partial charge in [0.1, 0.15) is 12.1 Å². The van der Waals surface area contributed by atoms with Crippen LogP contribution in [0.5, 0.6) is 0 Å². The summed E-state index contributed by atoms with van der Waals surface area (Å²) in [6, 6.07) is 18.0. The first kappa shape index (κ1) is 18.1. The van der Waals surface area contributed by atoms with E-state index in [2.05, 4.69) is 10.6 Å². The average Bonchev–Trinajstić information content (AvgIpc) is 2.67. The molecule has 2 amide bonds. The molecule has 136 valence electrons. The van der Waals surface area contributed by atoms with Gasteiger partial charge in [-0.15, -0.1) is 0 Å². The zero-order valence-electron chi connectivity index (χ0n) is 14.4. The van der Waals surface area contributed by atoms with Crippen LogP contribution in [0.15, 0.2) is 60.7 Å². The molecule has 0 unspecified atom stereocenters. The van der Waals surface area contributed by atoms with Crippen molar-refractivity contribution < 1.29 is 19.1 Å². The van der Waals surface area contributed by atoms with Crippen molar-refractivity contribution in [2.75, 3.05) is 13.2 Å². The number of benzene rings is 2. The molecule has 0 spiro atoms. The smallest absolute Gasteiger partial charge is 0.245 e. The molecule has 26 heavy (non-hydrogen) atoms. The minimum atomic E-state index is -0.684. The van der Waals surface area contributed by atoms with Crippen LogP contribution in [0.3, 0.4) is 0 Å². The molecule has 0 aliphatic carbocycles. The second-order valence-corrected chi connectivity index (χ2v) is 6.12. The molecule has 1 fully saturated rings. The number of nitrogens with one attached hydrogen (secondary N) is 2. The van der Waals surface area contributed by atoms with Gasteiger partial charge in [0.05, 0.1) is 26.4 Å². The molecular weight excluding hydrogens is 332 g/mol. The van der Waals surface area contributed by atoms with Crippen LogP contribution in [0, 0.1) is 0 Å². The number of piperazine rings is 1. The van der Waals surface area contributed by atoms with E-state index in [1.165, 1.54) is 0 Å². The Morgan fingerprint density at radius 3 is 1.42 bits per heavy atom. The summed E-state index contributed by atoms with van der Waals surface area (Å²) in [5, 5.41) is 5.39. The molecule has 1 aliphatic rings. The maximum atomic E-state index is 12.2. The molecule has 1 aliphatic heterocycles. The highest BCUT2D eigenvalue weighted by Gasteiger charge is 2.33. The van der Waals surface area contributed by atoms with E-state index < -0.39 is 12.1 Å². The molecule has 2 aromatic rings. The average molecular weight is 354 g/mol. The van der Waals surface area contributed by atoms with Crippen LogP contribution in [0.4, 0.5) is 0 Å². The van der Waals surface area contributed by atoms with Crippen molar-refractivity contribution in [2.24, 2.45) is 0 Å². The number of rotatable bonds is 8. The van der Waals surface area contributed by atoms with Gasteiger partial charge in [-0.25, -0.2) is 0 Å². The predicted octanol–water partition coefficient (Wildman–Crippen LogP) is 1.40. The third kappa shape index (κ3) is 5.15. The minimum Gasteiger partial charge on any atom is -0.374 e. The van der Waals surface area contributed by atoms with E-state index in [-0.39, 0.29) is 25.0 Å². The zero-order valence-corrected chi connectivity index (χ0v) is 14.4. The second kappa shape index (κ2) is 9.12. The normalized spacial score (nSPS) is 19.7. The van der Waals surface area contributed by atoms with E-state index in [0.717, 1.165) is 11.1 Å². The Hall–Kier alpha value is -2.70. The van der Waals surface area contributed by atoms with Crippen LogP contribution >= 0.6 is 0 Å². The van der Waals surface area contributed by atoms with Gasteiger partial charge in [0, 0.05) is 0 Å². The van der Waals surface area contributed by atoms with Crippen LogP contribution in [0.25, 0.3) is 0 Å². The largest absolute Gasteiger partial charge is 0.374 e. The first-order valence-corrected chi connectivity index (χ1v) is 8.56. The van der Waals surface area contributed by atoms with Crippen molar-refractivity contribution in [1.29, 1.82) is 0 Å². The summed E-state index contributed by atoms with van der Waals surface area (Å²) in [6.07, 6.45) is 0. The fourth-order valence-corrected chi connectivity index (χ4v) is 2.65. The van der Waals surface area contributed by atoms with Crippen molar-refractivity contribution in [2.45, 2.75) is 25.3 Å². The Bertz CT molecular complexity index is 658. The molecule has 0 aromatic heterocycles. The highest BCUT2D eigenvalue weighted by atomic mass is 16.5. The molecule has 1 saturated heterocycles. The number of carbonyl (C=O) groups excluding carboxylic acids is 2. The quantitative estimate of drug-likeness (QED) is 0.751. The fourth-order valence-electron chi connectivity index (χ4n) is 2.65. The number of amides is 2. The summed E-state index contributed by atoms with van der Waals surface area (Å²) in [4.78, 5) is 24.3. The SMILES string of the molecule is O=C1N[C@H](COCc2ccccc2)C(=O)N[C@H]1COCc1ccccc1. The predicted molar refractivity (Wildman–Crippen MR) is 96.1 cm³/mol. The van der Waals surface area contributed by atoms with Crippen LogP contribution in [-0.4, -0.2) is 37.1 Å². The van der Waals surface area contributed by atoms with Gasteiger partial charge < -0.3 is 20.1 Å². The maximum absolute atomic E-state index is 12.2. The fraction of sp³-hybridized carbons (Fsp3) is 0.300. The lowest BCUT2D eigenvalue weighted by molar-refractivity contribution is -0.140. The van der Waals surface area contributed by atoms with Crippen molar-refractivity contribution in [3.05, 3.63) is 71.8 Å². The molecule has 0 bridgehead atoms. The third-order valence-electron chi connectivity index (χ3n) is 4.06. The van der Waals surface area contributed by atoms with Gasteiger partial charge >= 0.3 is 0 Å². The summed E-state index contributed by atoms with van der Waals surface area (Å²) in [6.45, 7) is 1.04. The number of hydrogen-bond acceptors (Lipinski definition) is 4. The first-order valence-electron chi connectivity index (χ1n) is 8.56. The summed E-state index contributed by atoms with van der Waals surface area (Å²) in [5.41, 5.74) is 2.03. The van der Waals surface area contributed by atoms with E-state index in [0.29, 0.717) is 13.2 Å². The molecule has 1 heterocycles. The Kier molecular flexibility index (Phi) is 6.35. The van der Waals surface area contributed by atoms with Crippen molar-refractivity contribution >= 4 is 11.8 Å². The Morgan fingerprint density at radius 2 is 1.04 bits per heavy atom. The summed E-state index contributed by atoms with van der Waals surface area (Å²) in [5.74, 6) is -0.517. The van der Waals surface area contributed by atoms with Gasteiger partial charge in [0.15, 0.2) is 0 Å². The van der Waals surface area contributed by atoms with E-state index in [1.807, 2.05) is 60.7 Å². The summed E-state index contributed by atoms with van der Waals surface area (Å²) >= 11 is 0. The first-order chi connectivity index (χ1) is 12.7. The monoisotopic (exact) mass is 354 g/mol. The van der Waals surface area contributed by atoms with E-state index in [9.17, 15) is 9.59 Å². The highest BCUT2D eigenvalue weighted by molar-refractivity contribution is 5.97. The van der Waals surface area contributed by atoms with Crippen LogP contribution < -0.4 is 10.6 Å². The summed E-state index contributed by atoms with van der Waals surface area (Å²) < 4.78 is 11.1. The topological polar surface area (TPSA) is 76.7 Å². The van der Waals surface area contributed by atoms with Crippen LogP contribution in [0.2, 0.25) is 0 Å². The lowest BCUT2D eigenvalue weighted by Gasteiger charge is -2.29. The Balaban J connectivity index is 1.40. The number of carbonyl (C=O) groups is 2. The van der Waals surface area contributed by atoms with Gasteiger partial charge in [0.2, 0.25) is 11.8 Å². The van der Waals surface area contributed by atoms with E-state index in [1.54, 1.807) is 0 Å². The second-order valence-electron chi connectivity index (χ2n) is 6.12. The van der Waals surface area contributed by atoms with Gasteiger partial charge in [-0.3, -0.25) is 9.59 Å². The molecule has 0 saturated carbocycles. The van der Waals surface area contributed by atoms with E-state index in [4.69, 9.17) is 9.47 Å². The molecule has 2 aromatic carbocycles. The number of hydrogen-bond donors (Lipinski definition) is 2. The van der Waals surface area contributed by atoms with Crippen molar-refractivity contribution in [3.8, 4) is 0 Å². The lowest BCUT2D eigenvalue weighted by atomic mass is 10.1. The van der Waals surface area contributed by atoms with Crippen LogP contribution in [-0.2, 0) is 32.3 Å². The summed E-state index contributed by atoms with van der Waals surface area (Å²) in [7, 11) is 0. The highest BCUT2D eigenvalue weighted by Crippen LogP contribution is 2.05. The Labute approximate surface area is 152 Å². The standard InChI is InChI=1S/C20H22N2O4/c23-19-17(13-25-11-15-7-3-1-4-8-15)21-20(24)18(22-19)14-26-12-16-9-5-2-6-10-16/h1-10,17-18H,11-14H2,(H,21,24)(H,22,23)/t17-,18+. The Morgan fingerprint density at radius 1 is 0.654 bits per heavy atom. The van der Waals surface area contributed by atoms with Crippen molar-refractivity contribution in [3.63, 3.8) is 0 Å². The molecule has 2 atom stereocenters. The zero-order chi connectivity index (χ0) is 18.2. The third-order valence-corrected chi connectivity index (χ3v) is 4.06. The number of ether oxygens (including phenoxy) is 2. The molecule has 6 nitrogen and oxygen atoms in total. The molecule has 2 N–H and O–H groups in total. The lowest BCUT2D eigenvalue weighted by Crippen LogP contribution is -2.64. The van der Waals surface area contributed by atoms with Gasteiger partial charge in [-0.05, 0) is 11.1 Å². The van der Waals surface area contributed by atoms with Gasteiger partial charge in [-0.2, -0.15) is 0 Å². The molecule has 0 radical (unpaired) electrons. The molecular formula is C20H22N2O4. The van der Waals surface area contributed by atoms with Crippen LogP contribution in [0.1, 0.15) is 11.1 Å². The maximum Gasteiger partial charge on any atom is 0.245 e. The minimum absolute atomic E-state index is 0.129. The van der Waals surface area contributed by atoms with E-state index >= 15 is 0 Å². The van der Waals surface area contributed by atoms with Gasteiger partial charge in [0.25, 0.3) is 0 Å². The molecule has 6 heteroatoms. The molecule has 3 rings (SSSR count). The van der Waals surface area contributed by atoms with Crippen molar-refractivity contribution in [1.82, 2.24) is 10.6 Å².